The first kappa shape index (κ1) is 18.0. The molecule has 28 heavy (non-hydrogen) atoms. The smallest absolute Gasteiger partial charge is 0.254 e. The van der Waals surface area contributed by atoms with Gasteiger partial charge >= 0.3 is 0 Å². The summed E-state index contributed by atoms with van der Waals surface area (Å²) in [5, 5.41) is 5.76. The van der Waals surface area contributed by atoms with E-state index in [2.05, 4.69) is 28.8 Å². The predicted molar refractivity (Wildman–Crippen MR) is 108 cm³/mol. The molecule has 7 nitrogen and oxygen atoms in total. The second-order valence-electron chi connectivity index (χ2n) is 7.20. The van der Waals surface area contributed by atoms with Crippen LogP contribution in [0.1, 0.15) is 48.5 Å². The molecule has 4 aromatic rings. The number of aryl methyl sites for hydroxylation is 2. The van der Waals surface area contributed by atoms with Crippen LogP contribution >= 0.6 is 0 Å². The van der Waals surface area contributed by atoms with E-state index in [0.29, 0.717) is 29.3 Å². The van der Waals surface area contributed by atoms with Crippen LogP contribution in [0.25, 0.3) is 16.6 Å². The molecule has 0 aliphatic heterocycles. The summed E-state index contributed by atoms with van der Waals surface area (Å²) in [5.74, 6) is 2.20. The Labute approximate surface area is 162 Å². The van der Waals surface area contributed by atoms with E-state index in [9.17, 15) is 4.79 Å². The van der Waals surface area contributed by atoms with E-state index in [1.165, 1.54) is 0 Å². The highest BCUT2D eigenvalue weighted by atomic mass is 16.1. The van der Waals surface area contributed by atoms with Gasteiger partial charge in [0.2, 0.25) is 0 Å². The summed E-state index contributed by atoms with van der Waals surface area (Å²) in [6, 6.07) is 9.90. The molecule has 0 fully saturated rings. The normalized spacial score (nSPS) is 11.5. The number of rotatable bonds is 4. The quantitative estimate of drug-likeness (QED) is 0.592. The van der Waals surface area contributed by atoms with Gasteiger partial charge in [-0.25, -0.2) is 14.6 Å². The molecule has 3 aromatic heterocycles. The number of H-pyrrole nitrogens is 1. The third kappa shape index (κ3) is 3.19. The molecule has 142 valence electrons. The number of hydrogen-bond acceptors (Lipinski definition) is 5. The lowest BCUT2D eigenvalue weighted by Gasteiger charge is -2.09. The Morgan fingerprint density at radius 2 is 1.89 bits per heavy atom. The summed E-state index contributed by atoms with van der Waals surface area (Å²) in [6.07, 6.45) is 2.11. The largest absolute Gasteiger partial charge is 0.311 e. The third-order valence-corrected chi connectivity index (χ3v) is 4.72. The Bertz CT molecular complexity index is 1220. The lowest BCUT2D eigenvalue weighted by molar-refractivity contribution is 0.749. The molecule has 0 radical (unpaired) electrons. The predicted octanol–water partition coefficient (Wildman–Crippen LogP) is 3.23. The molecule has 1 aromatic carbocycles. The number of aromatic nitrogens is 6. The third-order valence-electron chi connectivity index (χ3n) is 4.72. The maximum absolute atomic E-state index is 12.5. The molecule has 0 aliphatic carbocycles. The maximum Gasteiger partial charge on any atom is 0.254 e. The van der Waals surface area contributed by atoms with Gasteiger partial charge in [-0.2, -0.15) is 5.10 Å². The highest BCUT2D eigenvalue weighted by molar-refractivity contribution is 5.86. The van der Waals surface area contributed by atoms with Crippen molar-refractivity contribution in [2.45, 2.75) is 40.0 Å². The minimum absolute atomic E-state index is 0.137. The van der Waals surface area contributed by atoms with E-state index in [0.717, 1.165) is 22.4 Å². The van der Waals surface area contributed by atoms with Gasteiger partial charge in [0.1, 0.15) is 11.6 Å². The first-order valence-electron chi connectivity index (χ1n) is 9.30. The van der Waals surface area contributed by atoms with Gasteiger partial charge in [-0.15, -0.1) is 0 Å². The Balaban J connectivity index is 1.91. The number of benzene rings is 1. The van der Waals surface area contributed by atoms with Gasteiger partial charge in [0.15, 0.2) is 5.82 Å². The summed E-state index contributed by atoms with van der Waals surface area (Å²) in [5.41, 5.74) is 2.86. The fourth-order valence-corrected chi connectivity index (χ4v) is 3.29. The average Bonchev–Trinajstić information content (AvgIpc) is 3.08. The monoisotopic (exact) mass is 374 g/mol. The number of hydrogen-bond donors (Lipinski definition) is 1. The molecular weight excluding hydrogens is 352 g/mol. The van der Waals surface area contributed by atoms with Crippen molar-refractivity contribution in [3.63, 3.8) is 0 Å². The highest BCUT2D eigenvalue weighted by Gasteiger charge is 2.19. The molecule has 1 N–H and O–H groups in total. The van der Waals surface area contributed by atoms with E-state index < -0.39 is 0 Å². The van der Waals surface area contributed by atoms with Crippen LogP contribution in [0.5, 0.6) is 0 Å². The van der Waals surface area contributed by atoms with Gasteiger partial charge in [0.25, 0.3) is 5.56 Å². The van der Waals surface area contributed by atoms with Crippen molar-refractivity contribution in [3.05, 3.63) is 75.6 Å². The van der Waals surface area contributed by atoms with Gasteiger partial charge in [0, 0.05) is 35.2 Å². The van der Waals surface area contributed by atoms with Crippen LogP contribution in [-0.4, -0.2) is 29.7 Å². The van der Waals surface area contributed by atoms with E-state index >= 15 is 0 Å². The van der Waals surface area contributed by atoms with Gasteiger partial charge < -0.3 is 4.98 Å². The van der Waals surface area contributed by atoms with Crippen LogP contribution in [0, 0.1) is 13.8 Å². The summed E-state index contributed by atoms with van der Waals surface area (Å²) >= 11 is 0. The minimum atomic E-state index is -0.137. The minimum Gasteiger partial charge on any atom is -0.311 e. The van der Waals surface area contributed by atoms with Crippen molar-refractivity contribution >= 4 is 10.9 Å². The van der Waals surface area contributed by atoms with E-state index in [-0.39, 0.29) is 11.5 Å². The second-order valence-corrected chi connectivity index (χ2v) is 7.20. The molecule has 0 bridgehead atoms. The fourth-order valence-electron chi connectivity index (χ4n) is 3.29. The standard InChI is InChI=1S/C21H22N6O/c1-12(2)20-25-18(11-16-13(3)23-14(4)24-21(16)28)27(26-20)17-9-5-7-15-8-6-10-22-19(15)17/h5-10,12H,11H2,1-4H3,(H,23,24,28). The SMILES string of the molecule is Cc1nc(C)c(Cc2nc(C(C)C)nn2-c2cccc3cccnc23)c(=O)[nH]1. The molecule has 3 heterocycles. The van der Waals surface area contributed by atoms with Crippen molar-refractivity contribution in [1.29, 1.82) is 0 Å². The van der Waals surface area contributed by atoms with Crippen molar-refractivity contribution < 1.29 is 0 Å². The van der Waals surface area contributed by atoms with E-state index in [1.54, 1.807) is 13.1 Å². The number of nitrogens with one attached hydrogen (secondary N) is 1. The van der Waals surface area contributed by atoms with Gasteiger partial charge in [0.05, 0.1) is 11.2 Å². The molecule has 0 amide bonds. The first-order chi connectivity index (χ1) is 13.4. The molecule has 0 saturated heterocycles. The Morgan fingerprint density at radius 3 is 2.64 bits per heavy atom. The molecule has 0 atom stereocenters. The van der Waals surface area contributed by atoms with E-state index in [1.807, 2.05) is 41.9 Å². The maximum atomic E-state index is 12.5. The van der Waals surface area contributed by atoms with Gasteiger partial charge in [-0.3, -0.25) is 9.78 Å². The zero-order valence-electron chi connectivity index (χ0n) is 16.4. The Kier molecular flexibility index (Phi) is 4.50. The number of nitrogens with zero attached hydrogens (tertiary/aromatic N) is 5. The van der Waals surface area contributed by atoms with Crippen LogP contribution in [0.15, 0.2) is 41.3 Å². The van der Waals surface area contributed by atoms with Crippen molar-refractivity contribution in [2.24, 2.45) is 0 Å². The lowest BCUT2D eigenvalue weighted by Crippen LogP contribution is -2.19. The number of para-hydroxylation sites is 1. The molecular formula is C21H22N6O. The summed E-state index contributed by atoms with van der Waals surface area (Å²) in [6.45, 7) is 7.73. The topological polar surface area (TPSA) is 89.3 Å². The Morgan fingerprint density at radius 1 is 1.11 bits per heavy atom. The van der Waals surface area contributed by atoms with E-state index in [4.69, 9.17) is 10.1 Å². The highest BCUT2D eigenvalue weighted by Crippen LogP contribution is 2.23. The van der Waals surface area contributed by atoms with Crippen LogP contribution in [0.2, 0.25) is 0 Å². The Hall–Kier alpha value is -3.35. The lowest BCUT2D eigenvalue weighted by atomic mass is 10.1. The molecule has 0 spiro atoms. The van der Waals surface area contributed by atoms with Crippen LogP contribution < -0.4 is 5.56 Å². The van der Waals surface area contributed by atoms with Crippen LogP contribution in [0.3, 0.4) is 0 Å². The number of pyridine rings is 1. The summed E-state index contributed by atoms with van der Waals surface area (Å²) < 4.78 is 1.81. The molecule has 0 unspecified atom stereocenters. The summed E-state index contributed by atoms with van der Waals surface area (Å²) in [4.78, 5) is 29.0. The van der Waals surface area contributed by atoms with Crippen LogP contribution in [0.4, 0.5) is 0 Å². The van der Waals surface area contributed by atoms with Crippen molar-refractivity contribution in [1.82, 2.24) is 29.7 Å². The zero-order valence-corrected chi connectivity index (χ0v) is 16.4. The van der Waals surface area contributed by atoms with Gasteiger partial charge in [-0.05, 0) is 26.0 Å². The van der Waals surface area contributed by atoms with Crippen LogP contribution in [-0.2, 0) is 6.42 Å². The average molecular weight is 374 g/mol. The molecule has 0 aliphatic rings. The fraction of sp³-hybridized carbons (Fsp3) is 0.286. The van der Waals surface area contributed by atoms with Crippen molar-refractivity contribution in [3.8, 4) is 5.69 Å². The number of fused-ring (bicyclic) bond motifs is 1. The molecule has 0 saturated carbocycles. The van der Waals surface area contributed by atoms with Crippen molar-refractivity contribution in [2.75, 3.05) is 0 Å². The van der Waals surface area contributed by atoms with Gasteiger partial charge in [-0.1, -0.05) is 32.0 Å². The summed E-state index contributed by atoms with van der Waals surface area (Å²) in [7, 11) is 0. The second kappa shape index (κ2) is 6.99. The number of aromatic amines is 1. The molecule has 7 heteroatoms. The first-order valence-corrected chi connectivity index (χ1v) is 9.30. The zero-order chi connectivity index (χ0) is 19.8. The molecule has 4 rings (SSSR count).